The van der Waals surface area contributed by atoms with Gasteiger partial charge in [-0.05, 0) is 6.07 Å². The third-order valence-electron chi connectivity index (χ3n) is 3.38. The van der Waals surface area contributed by atoms with Crippen LogP contribution in [0.4, 0.5) is 0 Å². The van der Waals surface area contributed by atoms with Gasteiger partial charge in [-0.2, -0.15) is 5.10 Å². The molecule has 3 rings (SSSR count). The maximum Gasteiger partial charge on any atom is 0.250 e. The summed E-state index contributed by atoms with van der Waals surface area (Å²) in [6, 6.07) is 1.83. The van der Waals surface area contributed by atoms with Gasteiger partial charge in [0.2, 0.25) is 0 Å². The lowest BCUT2D eigenvalue weighted by atomic mass is 9.88. The zero-order valence-corrected chi connectivity index (χ0v) is 11.6. The van der Waals surface area contributed by atoms with Crippen molar-refractivity contribution in [2.45, 2.75) is 39.2 Å². The van der Waals surface area contributed by atoms with Crippen LogP contribution >= 0.6 is 0 Å². The summed E-state index contributed by atoms with van der Waals surface area (Å²) < 4.78 is 1.91. The van der Waals surface area contributed by atoms with Crippen LogP contribution in [0.5, 0.6) is 0 Å². The molecule has 0 radical (unpaired) electrons. The number of nitrogens with one attached hydrogen (secondary N) is 1. The molecule has 2 aromatic rings. The van der Waals surface area contributed by atoms with E-state index in [0.717, 1.165) is 25.2 Å². The number of hydrogen-bond acceptors (Lipinski definition) is 4. The van der Waals surface area contributed by atoms with E-state index in [1.54, 1.807) is 12.4 Å². The zero-order valence-electron chi connectivity index (χ0n) is 11.6. The van der Waals surface area contributed by atoms with Gasteiger partial charge in [0, 0.05) is 42.9 Å². The van der Waals surface area contributed by atoms with Crippen LogP contribution in [0.25, 0.3) is 5.95 Å². The molecule has 0 aromatic carbocycles. The van der Waals surface area contributed by atoms with Crippen LogP contribution in [0.3, 0.4) is 0 Å². The Hall–Kier alpha value is -1.75. The fraction of sp³-hybridized carbons (Fsp3) is 0.500. The predicted molar refractivity (Wildman–Crippen MR) is 73.3 cm³/mol. The molecule has 5 nitrogen and oxygen atoms in total. The molecule has 19 heavy (non-hydrogen) atoms. The fourth-order valence-electron chi connectivity index (χ4n) is 2.52. The molecule has 0 amide bonds. The second-order valence-electron chi connectivity index (χ2n) is 5.91. The minimum atomic E-state index is 0.0309. The van der Waals surface area contributed by atoms with Crippen molar-refractivity contribution in [1.82, 2.24) is 25.1 Å². The van der Waals surface area contributed by atoms with E-state index < -0.39 is 0 Å². The van der Waals surface area contributed by atoms with Crippen LogP contribution in [-0.4, -0.2) is 26.3 Å². The molecule has 3 heterocycles. The Morgan fingerprint density at radius 1 is 1.21 bits per heavy atom. The maximum absolute atomic E-state index is 4.78. The Balaban J connectivity index is 2.18. The lowest BCUT2D eigenvalue weighted by molar-refractivity contribution is 0.548. The third kappa shape index (κ3) is 2.14. The largest absolute Gasteiger partial charge is 0.312 e. The summed E-state index contributed by atoms with van der Waals surface area (Å²) in [6.07, 6.45) is 4.49. The topological polar surface area (TPSA) is 55.6 Å². The highest BCUT2D eigenvalue weighted by Gasteiger charge is 2.28. The van der Waals surface area contributed by atoms with Gasteiger partial charge < -0.3 is 5.32 Å². The van der Waals surface area contributed by atoms with Crippen molar-refractivity contribution in [3.05, 3.63) is 35.4 Å². The van der Waals surface area contributed by atoms with Crippen LogP contribution in [0.15, 0.2) is 18.5 Å². The first kappa shape index (κ1) is 12.3. The molecule has 1 aliphatic heterocycles. The molecule has 5 heteroatoms. The first-order valence-corrected chi connectivity index (χ1v) is 6.67. The van der Waals surface area contributed by atoms with Gasteiger partial charge in [-0.15, -0.1) is 0 Å². The summed E-state index contributed by atoms with van der Waals surface area (Å²) in [7, 11) is 0. The van der Waals surface area contributed by atoms with E-state index >= 15 is 0 Å². The van der Waals surface area contributed by atoms with Gasteiger partial charge in [-0.1, -0.05) is 20.8 Å². The highest BCUT2D eigenvalue weighted by atomic mass is 15.4. The van der Waals surface area contributed by atoms with Crippen LogP contribution < -0.4 is 5.32 Å². The molecule has 0 aliphatic carbocycles. The molecule has 0 unspecified atom stereocenters. The second-order valence-corrected chi connectivity index (χ2v) is 5.91. The van der Waals surface area contributed by atoms with Gasteiger partial charge >= 0.3 is 0 Å². The molecular weight excluding hydrogens is 238 g/mol. The average Bonchev–Trinajstić information content (AvgIpc) is 2.79. The molecule has 100 valence electrons. The number of aromatic nitrogens is 4. The van der Waals surface area contributed by atoms with Crippen molar-refractivity contribution in [2.24, 2.45) is 0 Å². The Kier molecular flexibility index (Phi) is 2.86. The first-order valence-electron chi connectivity index (χ1n) is 6.67. The van der Waals surface area contributed by atoms with Gasteiger partial charge in [0.05, 0.1) is 11.4 Å². The highest BCUT2D eigenvalue weighted by Crippen LogP contribution is 2.29. The number of nitrogens with zero attached hydrogens (tertiary/aromatic N) is 4. The predicted octanol–water partition coefficient (Wildman–Crippen LogP) is 1.61. The van der Waals surface area contributed by atoms with Gasteiger partial charge in [-0.3, -0.25) is 0 Å². The van der Waals surface area contributed by atoms with Crippen LogP contribution in [0, 0.1) is 0 Å². The fourth-order valence-corrected chi connectivity index (χ4v) is 2.52. The van der Waals surface area contributed by atoms with Crippen LogP contribution in [0.2, 0.25) is 0 Å². The zero-order chi connectivity index (χ0) is 13.5. The van der Waals surface area contributed by atoms with Gasteiger partial charge in [0.15, 0.2) is 0 Å². The van der Waals surface area contributed by atoms with Gasteiger partial charge in [0.1, 0.15) is 0 Å². The highest BCUT2D eigenvalue weighted by molar-refractivity contribution is 5.36. The minimum Gasteiger partial charge on any atom is -0.312 e. The molecular formula is C14H19N5. The Morgan fingerprint density at radius 3 is 2.63 bits per heavy atom. The van der Waals surface area contributed by atoms with Gasteiger partial charge in [-0.25, -0.2) is 14.6 Å². The summed E-state index contributed by atoms with van der Waals surface area (Å²) in [5, 5.41) is 8.21. The molecule has 0 fully saturated rings. The van der Waals surface area contributed by atoms with Gasteiger partial charge in [0.25, 0.3) is 5.95 Å². The summed E-state index contributed by atoms with van der Waals surface area (Å²) in [5.74, 6) is 0.663. The van der Waals surface area contributed by atoms with E-state index in [2.05, 4.69) is 36.1 Å². The minimum absolute atomic E-state index is 0.0309. The molecule has 0 spiro atoms. The van der Waals surface area contributed by atoms with E-state index in [-0.39, 0.29) is 5.41 Å². The number of rotatable bonds is 1. The van der Waals surface area contributed by atoms with Crippen molar-refractivity contribution in [3.63, 3.8) is 0 Å². The summed E-state index contributed by atoms with van der Waals surface area (Å²) in [5.41, 5.74) is 3.73. The molecule has 1 aliphatic rings. The van der Waals surface area contributed by atoms with Crippen molar-refractivity contribution in [3.8, 4) is 5.95 Å². The van der Waals surface area contributed by atoms with E-state index in [9.17, 15) is 0 Å². The molecule has 2 aromatic heterocycles. The van der Waals surface area contributed by atoms with E-state index in [1.165, 1.54) is 11.3 Å². The molecule has 0 saturated carbocycles. The summed E-state index contributed by atoms with van der Waals surface area (Å²) in [4.78, 5) is 8.64. The molecule has 0 atom stereocenters. The van der Waals surface area contributed by atoms with Crippen LogP contribution in [0.1, 0.15) is 37.7 Å². The standard InChI is InChI=1S/C14H19N5/c1-14(2,3)12-10-9-15-8-5-11(10)19(18-12)13-16-6-4-7-17-13/h4,6-7,15H,5,8-9H2,1-3H3. The van der Waals surface area contributed by atoms with E-state index in [1.807, 2.05) is 10.7 Å². The molecule has 0 saturated heterocycles. The summed E-state index contributed by atoms with van der Waals surface area (Å²) >= 11 is 0. The normalized spacial score (nSPS) is 15.3. The first-order chi connectivity index (χ1) is 9.07. The van der Waals surface area contributed by atoms with E-state index in [0.29, 0.717) is 5.95 Å². The Bertz CT molecular complexity index is 580. The van der Waals surface area contributed by atoms with Crippen molar-refractivity contribution >= 4 is 0 Å². The smallest absolute Gasteiger partial charge is 0.250 e. The Labute approximate surface area is 113 Å². The lowest BCUT2D eigenvalue weighted by Crippen LogP contribution is -2.26. The molecule has 0 bridgehead atoms. The monoisotopic (exact) mass is 257 g/mol. The number of fused-ring (bicyclic) bond motifs is 1. The third-order valence-corrected chi connectivity index (χ3v) is 3.38. The second kappa shape index (κ2) is 4.42. The lowest BCUT2D eigenvalue weighted by Gasteiger charge is -2.20. The SMILES string of the molecule is CC(C)(C)c1nn(-c2ncccn2)c2c1CNCC2. The van der Waals surface area contributed by atoms with Crippen LogP contribution in [-0.2, 0) is 18.4 Å². The van der Waals surface area contributed by atoms with Crippen molar-refractivity contribution in [2.75, 3.05) is 6.54 Å². The van der Waals surface area contributed by atoms with Crippen molar-refractivity contribution in [1.29, 1.82) is 0 Å². The van der Waals surface area contributed by atoms with E-state index in [4.69, 9.17) is 5.10 Å². The Morgan fingerprint density at radius 2 is 1.95 bits per heavy atom. The van der Waals surface area contributed by atoms with Crippen molar-refractivity contribution < 1.29 is 0 Å². The average molecular weight is 257 g/mol. The quantitative estimate of drug-likeness (QED) is 0.843. The number of hydrogen-bond donors (Lipinski definition) is 1. The summed E-state index contributed by atoms with van der Waals surface area (Å²) in [6.45, 7) is 8.45. The molecule has 1 N–H and O–H groups in total. The maximum atomic E-state index is 4.78.